The van der Waals surface area contributed by atoms with Gasteiger partial charge in [0.2, 0.25) is 0 Å². The van der Waals surface area contributed by atoms with E-state index in [4.69, 9.17) is 5.73 Å². The molecule has 1 aromatic heterocycles. The Kier molecular flexibility index (Phi) is 2.74. The molecular weight excluding hydrogens is 223 g/mol. The lowest BCUT2D eigenvalue weighted by molar-refractivity contribution is 0.0998. The van der Waals surface area contributed by atoms with Gasteiger partial charge in [-0.2, -0.15) is 0 Å². The molecule has 0 radical (unpaired) electrons. The third kappa shape index (κ3) is 2.08. The van der Waals surface area contributed by atoms with Crippen LogP contribution in [0.15, 0.2) is 47.4 Å². The van der Waals surface area contributed by atoms with E-state index >= 15 is 0 Å². The molecule has 17 heavy (non-hydrogen) atoms. The molecule has 2 rings (SSSR count). The Morgan fingerprint density at radius 1 is 1.18 bits per heavy atom. The van der Waals surface area contributed by atoms with Gasteiger partial charge in [-0.05, 0) is 36.4 Å². The number of nitrogens with zero attached hydrogens (tertiary/aromatic N) is 1. The van der Waals surface area contributed by atoms with E-state index in [0.29, 0.717) is 5.69 Å². The third-order valence-corrected chi connectivity index (χ3v) is 2.32. The van der Waals surface area contributed by atoms with Crippen molar-refractivity contribution in [1.29, 1.82) is 0 Å². The summed E-state index contributed by atoms with van der Waals surface area (Å²) in [4.78, 5) is 22.9. The summed E-state index contributed by atoms with van der Waals surface area (Å²) in [6.45, 7) is 0. The quantitative estimate of drug-likeness (QED) is 0.841. The highest BCUT2D eigenvalue weighted by Crippen LogP contribution is 2.06. The van der Waals surface area contributed by atoms with E-state index in [-0.39, 0.29) is 5.56 Å². The highest BCUT2D eigenvalue weighted by molar-refractivity contribution is 5.92. The summed E-state index contributed by atoms with van der Waals surface area (Å²) in [6, 6.07) is 8.25. The SMILES string of the molecule is NC(=O)c1cccn(-c2ccc(F)cc2)c1=O. The second-order valence-electron chi connectivity index (χ2n) is 3.44. The first kappa shape index (κ1) is 11.1. The van der Waals surface area contributed by atoms with E-state index < -0.39 is 17.3 Å². The molecule has 0 spiro atoms. The van der Waals surface area contributed by atoms with E-state index in [9.17, 15) is 14.0 Å². The van der Waals surface area contributed by atoms with Crippen LogP contribution in [-0.4, -0.2) is 10.5 Å². The molecule has 2 aromatic rings. The van der Waals surface area contributed by atoms with Crippen LogP contribution in [0.5, 0.6) is 0 Å². The number of hydrogen-bond donors (Lipinski definition) is 1. The van der Waals surface area contributed by atoms with E-state index in [0.717, 1.165) is 0 Å². The monoisotopic (exact) mass is 232 g/mol. The van der Waals surface area contributed by atoms with E-state index in [1.54, 1.807) is 0 Å². The first-order valence-electron chi connectivity index (χ1n) is 4.87. The van der Waals surface area contributed by atoms with Crippen molar-refractivity contribution >= 4 is 5.91 Å². The van der Waals surface area contributed by atoms with Crippen molar-refractivity contribution in [3.8, 4) is 5.69 Å². The van der Waals surface area contributed by atoms with Crippen LogP contribution in [0, 0.1) is 5.82 Å². The lowest BCUT2D eigenvalue weighted by atomic mass is 10.2. The molecule has 5 heteroatoms. The molecular formula is C12H9FN2O2. The highest BCUT2D eigenvalue weighted by Gasteiger charge is 2.09. The van der Waals surface area contributed by atoms with Crippen molar-refractivity contribution in [2.75, 3.05) is 0 Å². The molecule has 0 fully saturated rings. The van der Waals surface area contributed by atoms with E-state index in [1.165, 1.54) is 47.2 Å². The number of nitrogens with two attached hydrogens (primary N) is 1. The van der Waals surface area contributed by atoms with Gasteiger partial charge >= 0.3 is 0 Å². The Morgan fingerprint density at radius 3 is 2.41 bits per heavy atom. The summed E-state index contributed by atoms with van der Waals surface area (Å²) >= 11 is 0. The number of pyridine rings is 1. The summed E-state index contributed by atoms with van der Waals surface area (Å²) in [5.41, 5.74) is 4.92. The molecule has 0 aliphatic heterocycles. The molecule has 4 nitrogen and oxygen atoms in total. The Bertz CT molecular complexity index is 617. The maximum Gasteiger partial charge on any atom is 0.267 e. The Morgan fingerprint density at radius 2 is 1.82 bits per heavy atom. The zero-order valence-electron chi connectivity index (χ0n) is 8.76. The number of aromatic nitrogens is 1. The van der Waals surface area contributed by atoms with Crippen LogP contribution < -0.4 is 11.3 Å². The van der Waals surface area contributed by atoms with Gasteiger partial charge in [0, 0.05) is 11.9 Å². The minimum atomic E-state index is -0.786. The summed E-state index contributed by atoms with van der Waals surface area (Å²) in [5.74, 6) is -1.18. The van der Waals surface area contributed by atoms with Crippen LogP contribution in [0.1, 0.15) is 10.4 Å². The lowest BCUT2D eigenvalue weighted by Gasteiger charge is -2.06. The van der Waals surface area contributed by atoms with Gasteiger partial charge in [-0.15, -0.1) is 0 Å². The second-order valence-corrected chi connectivity index (χ2v) is 3.44. The van der Waals surface area contributed by atoms with Gasteiger partial charge in [-0.3, -0.25) is 14.2 Å². The number of amides is 1. The van der Waals surface area contributed by atoms with Gasteiger partial charge in [0.1, 0.15) is 11.4 Å². The molecule has 1 amide bonds. The summed E-state index contributed by atoms with van der Waals surface area (Å²) < 4.78 is 14.0. The van der Waals surface area contributed by atoms with Crippen LogP contribution in [0.4, 0.5) is 4.39 Å². The van der Waals surface area contributed by atoms with Crippen LogP contribution in [0.3, 0.4) is 0 Å². The minimum Gasteiger partial charge on any atom is -0.365 e. The third-order valence-electron chi connectivity index (χ3n) is 2.32. The molecule has 0 bridgehead atoms. The van der Waals surface area contributed by atoms with Gasteiger partial charge in [-0.1, -0.05) is 0 Å². The fourth-order valence-corrected chi connectivity index (χ4v) is 1.49. The topological polar surface area (TPSA) is 65.1 Å². The number of primary amides is 1. The lowest BCUT2D eigenvalue weighted by Crippen LogP contribution is -2.28. The molecule has 86 valence electrons. The van der Waals surface area contributed by atoms with Crippen LogP contribution in [0.2, 0.25) is 0 Å². The van der Waals surface area contributed by atoms with Gasteiger partial charge < -0.3 is 5.73 Å². The zero-order chi connectivity index (χ0) is 12.4. The smallest absolute Gasteiger partial charge is 0.267 e. The Hall–Kier alpha value is -2.43. The Balaban J connectivity index is 2.61. The fourth-order valence-electron chi connectivity index (χ4n) is 1.49. The molecule has 0 unspecified atom stereocenters. The van der Waals surface area contributed by atoms with Crippen molar-refractivity contribution in [3.05, 3.63) is 64.3 Å². The molecule has 2 N–H and O–H groups in total. The van der Waals surface area contributed by atoms with Crippen molar-refractivity contribution in [2.45, 2.75) is 0 Å². The number of carbonyl (C=O) groups excluding carboxylic acids is 1. The molecule has 0 saturated carbocycles. The summed E-state index contributed by atoms with van der Waals surface area (Å²) in [7, 11) is 0. The van der Waals surface area contributed by atoms with Gasteiger partial charge in [0.05, 0.1) is 0 Å². The largest absolute Gasteiger partial charge is 0.365 e. The molecule has 0 saturated heterocycles. The zero-order valence-corrected chi connectivity index (χ0v) is 8.76. The summed E-state index contributed by atoms with van der Waals surface area (Å²) in [5, 5.41) is 0. The first-order chi connectivity index (χ1) is 8.09. The molecule has 0 aliphatic carbocycles. The van der Waals surface area contributed by atoms with Crippen molar-refractivity contribution < 1.29 is 9.18 Å². The maximum atomic E-state index is 12.7. The number of halogens is 1. The molecule has 1 heterocycles. The van der Waals surface area contributed by atoms with Crippen LogP contribution >= 0.6 is 0 Å². The maximum absolute atomic E-state index is 12.7. The van der Waals surface area contributed by atoms with Crippen molar-refractivity contribution in [2.24, 2.45) is 5.73 Å². The van der Waals surface area contributed by atoms with E-state index in [1.807, 2.05) is 0 Å². The molecule has 1 aromatic carbocycles. The van der Waals surface area contributed by atoms with E-state index in [2.05, 4.69) is 0 Å². The standard InChI is InChI=1S/C12H9FN2O2/c13-8-3-5-9(6-4-8)15-7-1-2-10(11(14)16)12(15)17/h1-7H,(H2,14,16). The summed E-state index contributed by atoms with van der Waals surface area (Å²) in [6.07, 6.45) is 1.49. The van der Waals surface area contributed by atoms with Crippen LogP contribution in [-0.2, 0) is 0 Å². The van der Waals surface area contributed by atoms with Crippen LogP contribution in [0.25, 0.3) is 5.69 Å². The van der Waals surface area contributed by atoms with Gasteiger partial charge in [0.25, 0.3) is 11.5 Å². The molecule has 0 aliphatic rings. The minimum absolute atomic E-state index is 0.100. The van der Waals surface area contributed by atoms with Gasteiger partial charge in [0.15, 0.2) is 0 Å². The number of hydrogen-bond acceptors (Lipinski definition) is 2. The Labute approximate surface area is 96.1 Å². The normalized spacial score (nSPS) is 10.2. The second kappa shape index (κ2) is 4.21. The fraction of sp³-hybridized carbons (Fsp3) is 0. The number of carbonyl (C=O) groups is 1. The number of benzene rings is 1. The first-order valence-corrected chi connectivity index (χ1v) is 4.87. The predicted octanol–water partition coefficient (Wildman–Crippen LogP) is 1.08. The molecule has 0 atom stereocenters. The van der Waals surface area contributed by atoms with Crippen molar-refractivity contribution in [1.82, 2.24) is 4.57 Å². The van der Waals surface area contributed by atoms with Crippen molar-refractivity contribution in [3.63, 3.8) is 0 Å². The highest BCUT2D eigenvalue weighted by atomic mass is 19.1. The predicted molar refractivity (Wildman–Crippen MR) is 60.5 cm³/mol. The van der Waals surface area contributed by atoms with Gasteiger partial charge in [-0.25, -0.2) is 4.39 Å². The average molecular weight is 232 g/mol. The average Bonchev–Trinajstić information content (AvgIpc) is 2.30. The number of rotatable bonds is 2.